The van der Waals surface area contributed by atoms with Crippen molar-refractivity contribution in [2.45, 2.75) is 13.0 Å². The standard InChI is InChI=1S/C7H11NO6/c1-4(7(12)13)8-5(9)2-14-3-6(10)11/h4H,2-3H2,1H3,(H,8,9)(H,10,11)(H,12,13). The fourth-order valence-corrected chi connectivity index (χ4v) is 0.576. The molecule has 0 saturated heterocycles. The Hall–Kier alpha value is -1.63. The minimum Gasteiger partial charge on any atom is -0.480 e. The molecule has 7 heteroatoms. The van der Waals surface area contributed by atoms with Gasteiger partial charge in [0.15, 0.2) is 0 Å². The van der Waals surface area contributed by atoms with Crippen LogP contribution in [0.25, 0.3) is 0 Å². The molecule has 1 unspecified atom stereocenters. The summed E-state index contributed by atoms with van der Waals surface area (Å²) >= 11 is 0. The largest absolute Gasteiger partial charge is 0.480 e. The van der Waals surface area contributed by atoms with Crippen LogP contribution in [0.5, 0.6) is 0 Å². The normalized spacial score (nSPS) is 11.8. The van der Waals surface area contributed by atoms with Crippen LogP contribution < -0.4 is 5.32 Å². The summed E-state index contributed by atoms with van der Waals surface area (Å²) in [5.41, 5.74) is 0. The molecular formula is C7H11NO6. The monoisotopic (exact) mass is 205 g/mol. The van der Waals surface area contributed by atoms with Gasteiger partial charge < -0.3 is 20.3 Å². The van der Waals surface area contributed by atoms with Crippen LogP contribution >= 0.6 is 0 Å². The number of aliphatic carboxylic acids is 2. The molecular weight excluding hydrogens is 194 g/mol. The Labute approximate surface area is 79.7 Å². The Bertz CT molecular complexity index is 238. The highest BCUT2D eigenvalue weighted by atomic mass is 16.5. The Kier molecular flexibility index (Phi) is 5.23. The summed E-state index contributed by atoms with van der Waals surface area (Å²) in [5, 5.41) is 18.6. The summed E-state index contributed by atoms with van der Waals surface area (Å²) < 4.78 is 4.43. The van der Waals surface area contributed by atoms with Crippen molar-refractivity contribution in [2.75, 3.05) is 13.2 Å². The number of hydrogen-bond donors (Lipinski definition) is 3. The van der Waals surface area contributed by atoms with Crippen molar-refractivity contribution in [1.29, 1.82) is 0 Å². The van der Waals surface area contributed by atoms with Crippen molar-refractivity contribution in [2.24, 2.45) is 0 Å². The summed E-state index contributed by atoms with van der Waals surface area (Å²) in [6.45, 7) is 0.232. The first-order chi connectivity index (χ1) is 6.43. The lowest BCUT2D eigenvalue weighted by atomic mass is 10.3. The Morgan fingerprint density at radius 2 is 1.86 bits per heavy atom. The van der Waals surface area contributed by atoms with Crippen LogP contribution in [0.3, 0.4) is 0 Å². The molecule has 0 aromatic carbocycles. The topological polar surface area (TPSA) is 113 Å². The molecule has 0 rings (SSSR count). The number of amides is 1. The molecule has 0 bridgehead atoms. The lowest BCUT2D eigenvalue weighted by Gasteiger charge is -2.08. The number of carbonyl (C=O) groups excluding carboxylic acids is 1. The van der Waals surface area contributed by atoms with Gasteiger partial charge in [-0.3, -0.25) is 9.59 Å². The number of rotatable bonds is 6. The third-order valence-corrected chi connectivity index (χ3v) is 1.21. The van der Waals surface area contributed by atoms with Gasteiger partial charge in [-0.2, -0.15) is 0 Å². The molecule has 1 amide bonds. The molecule has 0 fully saturated rings. The summed E-state index contributed by atoms with van der Waals surface area (Å²) in [6.07, 6.45) is 0. The molecule has 0 radical (unpaired) electrons. The molecule has 7 nitrogen and oxygen atoms in total. The summed E-state index contributed by atoms with van der Waals surface area (Å²) in [6, 6.07) is -1.02. The van der Waals surface area contributed by atoms with Crippen molar-refractivity contribution in [3.05, 3.63) is 0 Å². The molecule has 80 valence electrons. The molecule has 0 heterocycles. The molecule has 14 heavy (non-hydrogen) atoms. The lowest BCUT2D eigenvalue weighted by Crippen LogP contribution is -2.40. The third-order valence-electron chi connectivity index (χ3n) is 1.21. The average Bonchev–Trinajstić information content (AvgIpc) is 2.02. The highest BCUT2D eigenvalue weighted by molar-refractivity contribution is 5.84. The van der Waals surface area contributed by atoms with Crippen LogP contribution in [0.1, 0.15) is 6.92 Å². The zero-order valence-electron chi connectivity index (χ0n) is 7.52. The predicted octanol–water partition coefficient (Wildman–Crippen LogP) is -1.32. The molecule has 0 aromatic rings. The number of carboxylic acids is 2. The van der Waals surface area contributed by atoms with Crippen molar-refractivity contribution in [1.82, 2.24) is 5.32 Å². The molecule has 3 N–H and O–H groups in total. The van der Waals surface area contributed by atoms with Crippen LogP contribution in [0.15, 0.2) is 0 Å². The first-order valence-corrected chi connectivity index (χ1v) is 3.75. The Balaban J connectivity index is 3.65. The van der Waals surface area contributed by atoms with Crippen LogP contribution in [0.2, 0.25) is 0 Å². The van der Waals surface area contributed by atoms with Gasteiger partial charge in [-0.15, -0.1) is 0 Å². The van der Waals surface area contributed by atoms with Crippen LogP contribution in [-0.4, -0.2) is 47.3 Å². The van der Waals surface area contributed by atoms with E-state index in [1.165, 1.54) is 6.92 Å². The van der Waals surface area contributed by atoms with Gasteiger partial charge in [0, 0.05) is 0 Å². The summed E-state index contributed by atoms with van der Waals surface area (Å²) in [7, 11) is 0. The van der Waals surface area contributed by atoms with Gasteiger partial charge in [0.1, 0.15) is 19.3 Å². The van der Waals surface area contributed by atoms with Gasteiger partial charge in [0.2, 0.25) is 5.91 Å². The zero-order chi connectivity index (χ0) is 11.1. The summed E-state index contributed by atoms with van der Waals surface area (Å²) in [4.78, 5) is 31.1. The fourth-order valence-electron chi connectivity index (χ4n) is 0.576. The van der Waals surface area contributed by atoms with E-state index in [0.29, 0.717) is 0 Å². The van der Waals surface area contributed by atoms with Gasteiger partial charge >= 0.3 is 11.9 Å². The lowest BCUT2D eigenvalue weighted by molar-refractivity contribution is -0.146. The predicted molar refractivity (Wildman–Crippen MR) is 43.7 cm³/mol. The van der Waals surface area contributed by atoms with Gasteiger partial charge in [0.05, 0.1) is 0 Å². The maximum Gasteiger partial charge on any atom is 0.329 e. The van der Waals surface area contributed by atoms with Gasteiger partial charge in [-0.05, 0) is 6.92 Å². The van der Waals surface area contributed by atoms with E-state index in [4.69, 9.17) is 10.2 Å². The molecule has 0 aromatic heterocycles. The van der Waals surface area contributed by atoms with Crippen LogP contribution in [-0.2, 0) is 19.1 Å². The van der Waals surface area contributed by atoms with Crippen molar-refractivity contribution >= 4 is 17.8 Å². The van der Waals surface area contributed by atoms with Gasteiger partial charge in [-0.25, -0.2) is 4.79 Å². The average molecular weight is 205 g/mol. The van der Waals surface area contributed by atoms with E-state index in [0.717, 1.165) is 0 Å². The zero-order valence-corrected chi connectivity index (χ0v) is 7.52. The van der Waals surface area contributed by atoms with E-state index in [-0.39, 0.29) is 0 Å². The minimum absolute atomic E-state index is 0.468. The first-order valence-electron chi connectivity index (χ1n) is 3.75. The Morgan fingerprint density at radius 1 is 1.29 bits per heavy atom. The number of nitrogens with one attached hydrogen (secondary N) is 1. The van der Waals surface area contributed by atoms with E-state index in [9.17, 15) is 14.4 Å². The maximum atomic E-state index is 10.8. The summed E-state index contributed by atoms with van der Waals surface area (Å²) in [5.74, 6) is -3.03. The molecule has 0 aliphatic carbocycles. The first kappa shape index (κ1) is 12.4. The van der Waals surface area contributed by atoms with E-state index in [2.05, 4.69) is 10.1 Å². The second-order valence-corrected chi connectivity index (χ2v) is 2.51. The maximum absolute atomic E-state index is 10.8. The molecule has 0 aliphatic rings. The number of carbonyl (C=O) groups is 3. The van der Waals surface area contributed by atoms with E-state index in [1.807, 2.05) is 0 Å². The van der Waals surface area contributed by atoms with Crippen molar-refractivity contribution in [3.63, 3.8) is 0 Å². The quantitative estimate of drug-likeness (QED) is 0.495. The number of hydrogen-bond acceptors (Lipinski definition) is 4. The molecule has 1 atom stereocenters. The molecule has 0 aliphatic heterocycles. The second-order valence-electron chi connectivity index (χ2n) is 2.51. The van der Waals surface area contributed by atoms with E-state index >= 15 is 0 Å². The fraction of sp³-hybridized carbons (Fsp3) is 0.571. The van der Waals surface area contributed by atoms with Crippen LogP contribution in [0.4, 0.5) is 0 Å². The smallest absolute Gasteiger partial charge is 0.329 e. The van der Waals surface area contributed by atoms with Crippen molar-refractivity contribution < 1.29 is 29.3 Å². The molecule has 0 saturated carbocycles. The minimum atomic E-state index is -1.19. The van der Waals surface area contributed by atoms with E-state index < -0.39 is 37.1 Å². The SMILES string of the molecule is CC(NC(=O)COCC(=O)O)C(=O)O. The highest BCUT2D eigenvalue weighted by Gasteiger charge is 2.13. The number of ether oxygens (including phenoxy) is 1. The third kappa shape index (κ3) is 5.95. The number of carboxylic acid groups (broad SMARTS) is 2. The Morgan fingerprint density at radius 3 is 2.29 bits per heavy atom. The highest BCUT2D eigenvalue weighted by Crippen LogP contribution is 1.82. The second kappa shape index (κ2) is 5.92. The van der Waals surface area contributed by atoms with Crippen molar-refractivity contribution in [3.8, 4) is 0 Å². The van der Waals surface area contributed by atoms with Crippen LogP contribution in [0, 0.1) is 0 Å². The molecule has 0 spiro atoms. The van der Waals surface area contributed by atoms with Gasteiger partial charge in [-0.1, -0.05) is 0 Å². The van der Waals surface area contributed by atoms with Gasteiger partial charge in [0.25, 0.3) is 0 Å². The van der Waals surface area contributed by atoms with E-state index in [1.54, 1.807) is 0 Å².